The minimum Gasteiger partial charge on any atom is -0.486 e. The molecule has 0 fully saturated rings. The first-order chi connectivity index (χ1) is 13.0. The Labute approximate surface area is 161 Å². The Kier molecular flexibility index (Phi) is 5.81. The first-order valence-electron chi connectivity index (χ1n) is 8.40. The number of ether oxygens (including phenoxy) is 1. The van der Waals surface area contributed by atoms with Crippen LogP contribution in [0.5, 0.6) is 5.75 Å². The number of aryl methyl sites for hydroxylation is 1. The van der Waals surface area contributed by atoms with Gasteiger partial charge in [0.1, 0.15) is 29.6 Å². The molecule has 0 spiro atoms. The fraction of sp³-hybridized carbons (Fsp3) is 0.263. The van der Waals surface area contributed by atoms with Crippen LogP contribution in [0.25, 0.3) is 0 Å². The Morgan fingerprint density at radius 3 is 2.70 bits per heavy atom. The molecule has 8 heteroatoms. The third-order valence-electron chi connectivity index (χ3n) is 3.91. The highest BCUT2D eigenvalue weighted by Crippen LogP contribution is 2.19. The predicted molar refractivity (Wildman–Crippen MR) is 98.1 cm³/mol. The lowest BCUT2D eigenvalue weighted by Gasteiger charge is -2.14. The van der Waals surface area contributed by atoms with Gasteiger partial charge in [0.05, 0.1) is 11.6 Å². The molecule has 0 saturated carbocycles. The highest BCUT2D eigenvalue weighted by molar-refractivity contribution is 6.31. The molecule has 1 aromatic carbocycles. The Balaban J connectivity index is 1.59. The summed E-state index contributed by atoms with van der Waals surface area (Å²) in [4.78, 5) is 14.0. The van der Waals surface area contributed by atoms with Crippen LogP contribution in [0.15, 0.2) is 47.0 Å². The third-order valence-corrected chi connectivity index (χ3v) is 4.23. The average molecular weight is 392 g/mol. The van der Waals surface area contributed by atoms with Crippen molar-refractivity contribution in [2.45, 2.75) is 26.6 Å². The largest absolute Gasteiger partial charge is 0.486 e. The second-order valence-corrected chi connectivity index (χ2v) is 6.36. The van der Waals surface area contributed by atoms with Gasteiger partial charge in [-0.15, -0.1) is 0 Å². The van der Waals surface area contributed by atoms with Gasteiger partial charge in [-0.1, -0.05) is 11.6 Å². The quantitative estimate of drug-likeness (QED) is 0.607. The highest BCUT2D eigenvalue weighted by atomic mass is 35.5. The molecule has 3 aromatic rings. The molecular weight excluding hydrogens is 373 g/mol. The van der Waals surface area contributed by atoms with Crippen LogP contribution in [-0.4, -0.2) is 27.6 Å². The average Bonchev–Trinajstić information content (AvgIpc) is 3.27. The molecule has 0 atom stereocenters. The maximum atomic E-state index is 12.9. The van der Waals surface area contributed by atoms with Gasteiger partial charge in [0.2, 0.25) is 0 Å². The molecule has 1 amide bonds. The molecule has 0 aliphatic heterocycles. The fourth-order valence-electron chi connectivity index (χ4n) is 2.45. The van der Waals surface area contributed by atoms with Crippen molar-refractivity contribution in [2.24, 2.45) is 0 Å². The van der Waals surface area contributed by atoms with Gasteiger partial charge in [0.15, 0.2) is 5.76 Å². The van der Waals surface area contributed by atoms with E-state index in [9.17, 15) is 9.18 Å². The Morgan fingerprint density at radius 1 is 1.30 bits per heavy atom. The van der Waals surface area contributed by atoms with Gasteiger partial charge in [-0.3, -0.25) is 9.48 Å². The van der Waals surface area contributed by atoms with E-state index in [0.717, 1.165) is 0 Å². The number of hydrogen-bond donors (Lipinski definition) is 0. The Bertz CT molecular complexity index is 921. The maximum absolute atomic E-state index is 12.9. The van der Waals surface area contributed by atoms with E-state index in [0.29, 0.717) is 28.8 Å². The SMILES string of the molecule is CCn1cc(Cl)c(CN(C)C(=O)c2ccc(COc3ccc(F)cc3)o2)n1. The summed E-state index contributed by atoms with van der Waals surface area (Å²) in [5, 5.41) is 4.85. The van der Waals surface area contributed by atoms with E-state index in [-0.39, 0.29) is 30.6 Å². The molecule has 3 rings (SSSR count). The van der Waals surface area contributed by atoms with Crippen molar-refractivity contribution in [3.63, 3.8) is 0 Å². The number of nitrogens with zero attached hydrogens (tertiary/aromatic N) is 3. The number of benzene rings is 1. The molecule has 0 aliphatic rings. The molecular formula is C19H19ClFN3O3. The second kappa shape index (κ2) is 8.26. The van der Waals surface area contributed by atoms with E-state index in [4.69, 9.17) is 20.8 Å². The topological polar surface area (TPSA) is 60.5 Å². The zero-order chi connectivity index (χ0) is 19.4. The van der Waals surface area contributed by atoms with E-state index in [2.05, 4.69) is 5.10 Å². The molecule has 27 heavy (non-hydrogen) atoms. The van der Waals surface area contributed by atoms with Gasteiger partial charge in [-0.2, -0.15) is 5.10 Å². The number of halogens is 2. The first kappa shape index (κ1) is 19.0. The number of amides is 1. The van der Waals surface area contributed by atoms with E-state index >= 15 is 0 Å². The summed E-state index contributed by atoms with van der Waals surface area (Å²) in [6, 6.07) is 8.94. The molecule has 0 saturated heterocycles. The van der Waals surface area contributed by atoms with Crippen molar-refractivity contribution < 1.29 is 18.3 Å². The van der Waals surface area contributed by atoms with Crippen molar-refractivity contribution in [1.29, 1.82) is 0 Å². The Morgan fingerprint density at radius 2 is 2.04 bits per heavy atom. The third kappa shape index (κ3) is 4.68. The van der Waals surface area contributed by atoms with Crippen molar-refractivity contribution in [2.75, 3.05) is 7.05 Å². The van der Waals surface area contributed by atoms with E-state index in [1.165, 1.54) is 29.2 Å². The van der Waals surface area contributed by atoms with Gasteiger partial charge in [0.25, 0.3) is 5.91 Å². The molecule has 0 radical (unpaired) electrons. The predicted octanol–water partition coefficient (Wildman–Crippen LogP) is 4.14. The van der Waals surface area contributed by atoms with E-state index in [1.54, 1.807) is 30.1 Å². The minimum atomic E-state index is -0.333. The van der Waals surface area contributed by atoms with E-state index < -0.39 is 0 Å². The number of rotatable bonds is 7. The normalized spacial score (nSPS) is 10.8. The van der Waals surface area contributed by atoms with Crippen molar-refractivity contribution in [1.82, 2.24) is 14.7 Å². The van der Waals surface area contributed by atoms with Crippen LogP contribution in [0, 0.1) is 5.82 Å². The van der Waals surface area contributed by atoms with Crippen LogP contribution in [0.3, 0.4) is 0 Å². The smallest absolute Gasteiger partial charge is 0.289 e. The summed E-state index contributed by atoms with van der Waals surface area (Å²) in [5.41, 5.74) is 0.626. The second-order valence-electron chi connectivity index (χ2n) is 5.95. The van der Waals surface area contributed by atoms with Gasteiger partial charge in [-0.05, 0) is 43.3 Å². The van der Waals surface area contributed by atoms with Crippen molar-refractivity contribution >= 4 is 17.5 Å². The summed E-state index contributed by atoms with van der Waals surface area (Å²) in [6.07, 6.45) is 1.73. The minimum absolute atomic E-state index is 0.134. The Hall–Kier alpha value is -2.80. The lowest BCUT2D eigenvalue weighted by atomic mass is 10.3. The van der Waals surface area contributed by atoms with Crippen LogP contribution in [0.1, 0.15) is 28.9 Å². The fourth-order valence-corrected chi connectivity index (χ4v) is 2.66. The summed E-state index contributed by atoms with van der Waals surface area (Å²) in [5.74, 6) is 0.579. The van der Waals surface area contributed by atoms with Crippen LogP contribution in [0.2, 0.25) is 5.02 Å². The summed E-state index contributed by atoms with van der Waals surface area (Å²) < 4.78 is 25.7. The van der Waals surface area contributed by atoms with Crippen LogP contribution in [-0.2, 0) is 19.7 Å². The zero-order valence-corrected chi connectivity index (χ0v) is 15.7. The summed E-state index contributed by atoms with van der Waals surface area (Å²) in [7, 11) is 1.65. The number of furan rings is 1. The molecule has 0 aliphatic carbocycles. The van der Waals surface area contributed by atoms with Gasteiger partial charge in [0, 0.05) is 19.8 Å². The monoisotopic (exact) mass is 391 g/mol. The lowest BCUT2D eigenvalue weighted by molar-refractivity contribution is 0.0747. The standard InChI is InChI=1S/C19H19ClFN3O3/c1-3-24-10-16(20)17(22-24)11-23(2)19(25)18-9-8-15(27-18)12-26-14-6-4-13(21)5-7-14/h4-10H,3,11-12H2,1-2H3. The van der Waals surface area contributed by atoms with Gasteiger partial charge < -0.3 is 14.1 Å². The lowest BCUT2D eigenvalue weighted by Crippen LogP contribution is -2.26. The van der Waals surface area contributed by atoms with Crippen LogP contribution in [0.4, 0.5) is 4.39 Å². The zero-order valence-electron chi connectivity index (χ0n) is 15.0. The highest BCUT2D eigenvalue weighted by Gasteiger charge is 2.19. The number of carbonyl (C=O) groups excluding carboxylic acids is 1. The molecule has 0 unspecified atom stereocenters. The maximum Gasteiger partial charge on any atom is 0.289 e. The van der Waals surface area contributed by atoms with Gasteiger partial charge in [-0.25, -0.2) is 4.39 Å². The first-order valence-corrected chi connectivity index (χ1v) is 8.78. The summed E-state index contributed by atoms with van der Waals surface area (Å²) in [6.45, 7) is 3.06. The molecule has 2 aromatic heterocycles. The number of aromatic nitrogens is 2. The molecule has 142 valence electrons. The van der Waals surface area contributed by atoms with E-state index in [1.807, 2.05) is 6.92 Å². The van der Waals surface area contributed by atoms with Crippen molar-refractivity contribution in [3.05, 3.63) is 70.6 Å². The molecule has 0 N–H and O–H groups in total. The molecule has 6 nitrogen and oxygen atoms in total. The number of carbonyl (C=O) groups is 1. The summed E-state index contributed by atoms with van der Waals surface area (Å²) >= 11 is 6.15. The molecule has 2 heterocycles. The van der Waals surface area contributed by atoms with Gasteiger partial charge >= 0.3 is 0 Å². The molecule has 0 bridgehead atoms. The van der Waals surface area contributed by atoms with Crippen LogP contribution < -0.4 is 4.74 Å². The number of hydrogen-bond acceptors (Lipinski definition) is 4. The van der Waals surface area contributed by atoms with Crippen LogP contribution >= 0.6 is 11.6 Å². The van der Waals surface area contributed by atoms with Crippen molar-refractivity contribution in [3.8, 4) is 5.75 Å².